The van der Waals surface area contributed by atoms with E-state index in [1.807, 2.05) is 44.2 Å². The average molecular weight is 436 g/mol. The van der Waals surface area contributed by atoms with Crippen molar-refractivity contribution in [3.8, 4) is 5.69 Å². The Morgan fingerprint density at radius 1 is 1.10 bits per heavy atom. The van der Waals surface area contributed by atoms with Crippen molar-refractivity contribution >= 4 is 34.2 Å². The van der Waals surface area contributed by atoms with Gasteiger partial charge in [0, 0.05) is 23.7 Å². The van der Waals surface area contributed by atoms with Crippen molar-refractivity contribution in [2.45, 2.75) is 33.7 Å². The maximum Gasteiger partial charge on any atom is 0.264 e. The quantitative estimate of drug-likeness (QED) is 0.509. The minimum absolute atomic E-state index is 0.130. The van der Waals surface area contributed by atoms with E-state index in [4.69, 9.17) is 11.6 Å². The van der Waals surface area contributed by atoms with Crippen LogP contribution in [0.5, 0.6) is 0 Å². The summed E-state index contributed by atoms with van der Waals surface area (Å²) >= 11 is 6.11. The molecule has 0 saturated carbocycles. The lowest BCUT2D eigenvalue weighted by molar-refractivity contribution is -0.116. The zero-order chi connectivity index (χ0) is 22.1. The maximum absolute atomic E-state index is 13.0. The minimum Gasteiger partial charge on any atom is -0.326 e. The number of halogens is 1. The number of amides is 1. The number of rotatable bonds is 5. The number of aryl methyl sites for hydroxylation is 3. The van der Waals surface area contributed by atoms with Crippen molar-refractivity contribution in [3.05, 3.63) is 81.0 Å². The van der Waals surface area contributed by atoms with Crippen molar-refractivity contribution in [3.63, 3.8) is 0 Å². The largest absolute Gasteiger partial charge is 0.326 e. The van der Waals surface area contributed by atoms with Gasteiger partial charge in [-0.3, -0.25) is 14.2 Å². The van der Waals surface area contributed by atoms with E-state index in [1.165, 1.54) is 10.8 Å². The molecule has 0 unspecified atom stereocenters. The van der Waals surface area contributed by atoms with Crippen LogP contribution in [0.25, 0.3) is 16.7 Å². The summed E-state index contributed by atoms with van der Waals surface area (Å²) < 4.78 is 3.16. The second-order valence-electron chi connectivity index (χ2n) is 7.51. The van der Waals surface area contributed by atoms with Crippen LogP contribution in [0.1, 0.15) is 23.4 Å². The van der Waals surface area contributed by atoms with Crippen LogP contribution < -0.4 is 10.9 Å². The molecule has 4 aromatic rings. The van der Waals surface area contributed by atoms with Gasteiger partial charge in [-0.1, -0.05) is 35.4 Å². The van der Waals surface area contributed by atoms with E-state index < -0.39 is 0 Å². The fourth-order valence-corrected chi connectivity index (χ4v) is 3.53. The molecule has 0 fully saturated rings. The molecule has 2 heterocycles. The van der Waals surface area contributed by atoms with Crippen LogP contribution in [0.2, 0.25) is 5.02 Å². The van der Waals surface area contributed by atoms with E-state index in [9.17, 15) is 9.59 Å². The highest BCUT2D eigenvalue weighted by atomic mass is 35.5. The Balaban J connectivity index is 1.55. The number of anilines is 1. The maximum atomic E-state index is 13.0. The first-order valence-corrected chi connectivity index (χ1v) is 10.3. The summed E-state index contributed by atoms with van der Waals surface area (Å²) in [5.41, 5.74) is 3.82. The molecule has 0 saturated heterocycles. The van der Waals surface area contributed by atoms with Gasteiger partial charge in [0.25, 0.3) is 5.56 Å². The van der Waals surface area contributed by atoms with Crippen LogP contribution in [0.3, 0.4) is 0 Å². The number of nitrogens with one attached hydrogen (secondary N) is 1. The van der Waals surface area contributed by atoms with E-state index in [0.29, 0.717) is 27.6 Å². The highest BCUT2D eigenvalue weighted by Crippen LogP contribution is 2.20. The lowest BCUT2D eigenvalue weighted by Crippen LogP contribution is -2.26. The van der Waals surface area contributed by atoms with Gasteiger partial charge in [-0.2, -0.15) is 5.10 Å². The van der Waals surface area contributed by atoms with Gasteiger partial charge in [0.15, 0.2) is 5.65 Å². The van der Waals surface area contributed by atoms with Crippen LogP contribution in [-0.2, 0) is 11.3 Å². The number of benzene rings is 2. The highest BCUT2D eigenvalue weighted by molar-refractivity contribution is 6.31. The van der Waals surface area contributed by atoms with Crippen molar-refractivity contribution in [2.75, 3.05) is 5.32 Å². The van der Waals surface area contributed by atoms with Crippen LogP contribution in [0.15, 0.2) is 53.5 Å². The highest BCUT2D eigenvalue weighted by Gasteiger charge is 2.15. The summed E-state index contributed by atoms with van der Waals surface area (Å²) in [6.45, 7) is 5.88. The first-order valence-electron chi connectivity index (χ1n) is 9.91. The lowest BCUT2D eigenvalue weighted by atomic mass is 10.2. The van der Waals surface area contributed by atoms with Gasteiger partial charge >= 0.3 is 0 Å². The number of carbonyl (C=O) groups excluding carboxylic acids is 1. The third-order valence-electron chi connectivity index (χ3n) is 5.17. The molecule has 0 radical (unpaired) electrons. The van der Waals surface area contributed by atoms with Crippen molar-refractivity contribution in [1.29, 1.82) is 0 Å². The summed E-state index contributed by atoms with van der Waals surface area (Å²) in [5.74, 6) is 0.319. The first-order chi connectivity index (χ1) is 14.8. The molecule has 4 rings (SSSR count). The molecule has 31 heavy (non-hydrogen) atoms. The number of carbonyl (C=O) groups is 1. The van der Waals surface area contributed by atoms with Crippen LogP contribution in [0, 0.1) is 20.8 Å². The standard InChI is InChI=1S/C23H22ClN5O2/c1-14-4-8-18(9-5-14)29-22-19(13-25-29)23(31)28(16(3)26-22)11-10-21(30)27-17-7-6-15(2)20(24)12-17/h4-9,12-13H,10-11H2,1-3H3,(H,27,30). The fourth-order valence-electron chi connectivity index (χ4n) is 3.35. The van der Waals surface area contributed by atoms with E-state index in [2.05, 4.69) is 15.4 Å². The summed E-state index contributed by atoms with van der Waals surface area (Å²) in [4.78, 5) is 30.0. The molecule has 7 nitrogen and oxygen atoms in total. The van der Waals surface area contributed by atoms with Crippen molar-refractivity contribution < 1.29 is 4.79 Å². The molecule has 0 bridgehead atoms. The van der Waals surface area contributed by atoms with E-state index in [0.717, 1.165) is 16.8 Å². The van der Waals surface area contributed by atoms with E-state index in [1.54, 1.807) is 23.7 Å². The van der Waals surface area contributed by atoms with Gasteiger partial charge in [0.2, 0.25) is 5.91 Å². The Hall–Kier alpha value is -3.45. The number of fused-ring (bicyclic) bond motifs is 1. The smallest absolute Gasteiger partial charge is 0.264 e. The molecular weight excluding hydrogens is 414 g/mol. The van der Waals surface area contributed by atoms with E-state index in [-0.39, 0.29) is 24.4 Å². The molecule has 0 aliphatic heterocycles. The molecule has 0 aliphatic rings. The molecule has 2 aromatic carbocycles. The van der Waals surface area contributed by atoms with Crippen LogP contribution in [0.4, 0.5) is 5.69 Å². The molecule has 1 amide bonds. The molecule has 2 aromatic heterocycles. The third-order valence-corrected chi connectivity index (χ3v) is 5.58. The number of hydrogen-bond acceptors (Lipinski definition) is 4. The SMILES string of the molecule is Cc1ccc(-n2ncc3c(=O)n(CCC(=O)Nc4ccc(C)c(Cl)c4)c(C)nc32)cc1. The first kappa shape index (κ1) is 20.8. The molecule has 8 heteroatoms. The predicted molar refractivity (Wildman–Crippen MR) is 122 cm³/mol. The molecular formula is C23H22ClN5O2. The average Bonchev–Trinajstić information content (AvgIpc) is 3.15. The summed E-state index contributed by atoms with van der Waals surface area (Å²) in [7, 11) is 0. The Labute approximate surface area is 184 Å². The molecule has 0 spiro atoms. The number of nitrogens with zero attached hydrogens (tertiary/aromatic N) is 4. The Morgan fingerprint density at radius 2 is 1.84 bits per heavy atom. The van der Waals surface area contributed by atoms with Gasteiger partial charge in [-0.05, 0) is 50.6 Å². The van der Waals surface area contributed by atoms with Gasteiger partial charge in [-0.25, -0.2) is 9.67 Å². The Kier molecular flexibility index (Phi) is 5.61. The van der Waals surface area contributed by atoms with Gasteiger partial charge < -0.3 is 5.32 Å². The summed E-state index contributed by atoms with van der Waals surface area (Å²) in [6, 6.07) is 13.2. The van der Waals surface area contributed by atoms with Gasteiger partial charge in [0.1, 0.15) is 11.2 Å². The zero-order valence-electron chi connectivity index (χ0n) is 17.5. The fraction of sp³-hybridized carbons (Fsp3) is 0.217. The van der Waals surface area contributed by atoms with Crippen LogP contribution >= 0.6 is 11.6 Å². The second-order valence-corrected chi connectivity index (χ2v) is 7.91. The topological polar surface area (TPSA) is 81.8 Å². The lowest BCUT2D eigenvalue weighted by Gasteiger charge is -2.11. The Bertz CT molecular complexity index is 1340. The molecule has 1 N–H and O–H groups in total. The van der Waals surface area contributed by atoms with Gasteiger partial charge in [-0.15, -0.1) is 0 Å². The third kappa shape index (κ3) is 4.22. The zero-order valence-corrected chi connectivity index (χ0v) is 18.3. The summed E-state index contributed by atoms with van der Waals surface area (Å²) in [5, 5.41) is 8.17. The summed E-state index contributed by atoms with van der Waals surface area (Å²) in [6.07, 6.45) is 1.65. The van der Waals surface area contributed by atoms with E-state index >= 15 is 0 Å². The van der Waals surface area contributed by atoms with Gasteiger partial charge in [0.05, 0.1) is 11.9 Å². The number of aromatic nitrogens is 4. The normalized spacial score (nSPS) is 11.1. The molecule has 0 aliphatic carbocycles. The molecule has 0 atom stereocenters. The number of hydrogen-bond donors (Lipinski definition) is 1. The minimum atomic E-state index is -0.216. The van der Waals surface area contributed by atoms with Crippen molar-refractivity contribution in [1.82, 2.24) is 19.3 Å². The van der Waals surface area contributed by atoms with Crippen molar-refractivity contribution in [2.24, 2.45) is 0 Å². The molecule has 158 valence electrons. The monoisotopic (exact) mass is 435 g/mol. The Morgan fingerprint density at radius 3 is 2.55 bits per heavy atom. The van der Waals surface area contributed by atoms with Crippen LogP contribution in [-0.4, -0.2) is 25.2 Å². The second kappa shape index (κ2) is 8.35. The predicted octanol–water partition coefficient (Wildman–Crippen LogP) is 4.19.